The fourth-order valence-corrected chi connectivity index (χ4v) is 2.18. The number of hydrogen-bond donors (Lipinski definition) is 1. The minimum atomic E-state index is -2.85. The molecule has 0 radical (unpaired) electrons. The van der Waals surface area contributed by atoms with Gasteiger partial charge in [0.1, 0.15) is 5.75 Å². The lowest BCUT2D eigenvalue weighted by atomic mass is 10.1. The molecule has 6 heteroatoms. The van der Waals surface area contributed by atoms with E-state index in [1.54, 1.807) is 12.1 Å². The Balaban J connectivity index is 2.77. The Hall–Kier alpha value is -1.01. The van der Waals surface area contributed by atoms with Crippen LogP contribution < -0.4 is 9.46 Å². The molecule has 1 rings (SSSR count). The van der Waals surface area contributed by atoms with E-state index in [1.807, 2.05) is 27.7 Å². The number of ether oxygens (including phenoxy) is 1. The number of benzene rings is 1. The number of alkyl halides is 2. The van der Waals surface area contributed by atoms with Gasteiger partial charge in [0.15, 0.2) is 0 Å². The van der Waals surface area contributed by atoms with Crippen LogP contribution in [-0.4, -0.2) is 15.6 Å². The van der Waals surface area contributed by atoms with Crippen LogP contribution in [0.15, 0.2) is 24.3 Å². The van der Waals surface area contributed by atoms with Gasteiger partial charge in [-0.1, -0.05) is 12.1 Å². The van der Waals surface area contributed by atoms with Crippen molar-refractivity contribution in [1.29, 1.82) is 0 Å². The first kappa shape index (κ1) is 16.0. The molecule has 0 aliphatic heterocycles. The third-order valence-electron chi connectivity index (χ3n) is 2.42. The molecule has 3 nitrogen and oxygen atoms in total. The molecule has 0 aliphatic carbocycles. The van der Waals surface area contributed by atoms with E-state index in [1.165, 1.54) is 12.1 Å². The second kappa shape index (κ2) is 6.43. The van der Waals surface area contributed by atoms with Crippen LogP contribution in [0, 0.1) is 0 Å². The molecule has 1 aromatic carbocycles. The van der Waals surface area contributed by atoms with Gasteiger partial charge in [-0.25, -0.2) is 8.93 Å². The molecular weight excluding hydrogens is 272 g/mol. The molecular formula is C13H19F2NO2S. The van der Waals surface area contributed by atoms with Gasteiger partial charge >= 0.3 is 6.61 Å². The van der Waals surface area contributed by atoms with E-state index in [9.17, 15) is 13.0 Å². The van der Waals surface area contributed by atoms with Crippen molar-refractivity contribution in [2.24, 2.45) is 0 Å². The average molecular weight is 291 g/mol. The predicted octanol–water partition coefficient (Wildman–Crippen LogP) is 3.40. The first-order valence-electron chi connectivity index (χ1n) is 5.93. The quantitative estimate of drug-likeness (QED) is 0.903. The molecule has 0 saturated heterocycles. The minimum absolute atomic E-state index is 0.0997. The Morgan fingerprint density at radius 3 is 2.47 bits per heavy atom. The Morgan fingerprint density at radius 2 is 1.95 bits per heavy atom. The van der Waals surface area contributed by atoms with E-state index in [-0.39, 0.29) is 16.5 Å². The maximum absolute atomic E-state index is 12.1. The first-order valence-corrected chi connectivity index (χ1v) is 7.08. The van der Waals surface area contributed by atoms with Gasteiger partial charge in [-0.15, -0.1) is 0 Å². The summed E-state index contributed by atoms with van der Waals surface area (Å²) in [5.41, 5.74) is 0.746. The SMILES string of the molecule is C[C@H](NS(=O)C(C)(C)C)c1cccc(OC(F)F)c1. The number of nitrogens with one attached hydrogen (secondary N) is 1. The average Bonchev–Trinajstić information content (AvgIpc) is 2.27. The highest BCUT2D eigenvalue weighted by Crippen LogP contribution is 2.22. The molecule has 0 heterocycles. The summed E-state index contributed by atoms with van der Waals surface area (Å²) in [7, 11) is -1.22. The highest BCUT2D eigenvalue weighted by Gasteiger charge is 2.21. The Bertz CT molecular complexity index is 447. The molecule has 1 aromatic rings. The Labute approximate surface area is 114 Å². The van der Waals surface area contributed by atoms with Gasteiger partial charge in [-0.3, -0.25) is 0 Å². The van der Waals surface area contributed by atoms with Gasteiger partial charge in [0.2, 0.25) is 0 Å². The molecule has 0 bridgehead atoms. The van der Waals surface area contributed by atoms with Crippen LogP contribution in [0.1, 0.15) is 39.3 Å². The summed E-state index contributed by atoms with van der Waals surface area (Å²) in [5.74, 6) is 0.0997. The molecule has 0 spiro atoms. The lowest BCUT2D eigenvalue weighted by Crippen LogP contribution is -2.34. The molecule has 0 amide bonds. The van der Waals surface area contributed by atoms with E-state index < -0.39 is 17.6 Å². The normalized spacial score (nSPS) is 15.3. The van der Waals surface area contributed by atoms with Gasteiger partial charge in [0.25, 0.3) is 0 Å². The van der Waals surface area contributed by atoms with Crippen molar-refractivity contribution >= 4 is 11.0 Å². The molecule has 1 unspecified atom stereocenters. The molecule has 0 aromatic heterocycles. The van der Waals surface area contributed by atoms with Crippen LogP contribution in [0.3, 0.4) is 0 Å². The summed E-state index contributed by atoms with van der Waals surface area (Å²) >= 11 is 0. The maximum Gasteiger partial charge on any atom is 0.387 e. The van der Waals surface area contributed by atoms with Crippen molar-refractivity contribution in [1.82, 2.24) is 4.72 Å². The topological polar surface area (TPSA) is 38.3 Å². The van der Waals surface area contributed by atoms with E-state index in [0.29, 0.717) is 0 Å². The molecule has 2 atom stereocenters. The molecule has 19 heavy (non-hydrogen) atoms. The van der Waals surface area contributed by atoms with Crippen LogP contribution in [0.2, 0.25) is 0 Å². The second-order valence-corrected chi connectivity index (χ2v) is 7.17. The zero-order chi connectivity index (χ0) is 14.6. The summed E-state index contributed by atoms with van der Waals surface area (Å²) < 4.78 is 43.1. The van der Waals surface area contributed by atoms with Crippen molar-refractivity contribution in [2.45, 2.75) is 45.1 Å². The van der Waals surface area contributed by atoms with E-state index >= 15 is 0 Å². The molecule has 0 fully saturated rings. The van der Waals surface area contributed by atoms with Crippen LogP contribution in [0.25, 0.3) is 0 Å². The maximum atomic E-state index is 12.1. The van der Waals surface area contributed by atoms with Crippen molar-refractivity contribution in [3.8, 4) is 5.75 Å². The Morgan fingerprint density at radius 1 is 1.32 bits per heavy atom. The molecule has 1 N–H and O–H groups in total. The summed E-state index contributed by atoms with van der Waals surface area (Å²) in [6.07, 6.45) is 0. The van der Waals surface area contributed by atoms with Gasteiger partial charge in [0.05, 0.1) is 15.7 Å². The highest BCUT2D eigenvalue weighted by molar-refractivity contribution is 7.84. The van der Waals surface area contributed by atoms with Gasteiger partial charge in [0, 0.05) is 6.04 Å². The molecule has 0 saturated carbocycles. The zero-order valence-corrected chi connectivity index (χ0v) is 12.3. The van der Waals surface area contributed by atoms with Crippen molar-refractivity contribution < 1.29 is 17.7 Å². The summed E-state index contributed by atoms with van der Waals surface area (Å²) in [6, 6.07) is 6.16. The van der Waals surface area contributed by atoms with E-state index in [0.717, 1.165) is 5.56 Å². The fourth-order valence-electron chi connectivity index (χ4n) is 1.37. The summed E-state index contributed by atoms with van der Waals surface area (Å²) in [5, 5.41) is 0. The van der Waals surface area contributed by atoms with Crippen LogP contribution in [0.4, 0.5) is 8.78 Å². The molecule has 108 valence electrons. The predicted molar refractivity (Wildman–Crippen MR) is 72.5 cm³/mol. The van der Waals surface area contributed by atoms with Crippen LogP contribution >= 0.6 is 0 Å². The number of rotatable bonds is 5. The number of hydrogen-bond acceptors (Lipinski definition) is 2. The summed E-state index contributed by atoms with van der Waals surface area (Å²) in [4.78, 5) is 0. The van der Waals surface area contributed by atoms with Gasteiger partial charge < -0.3 is 4.74 Å². The van der Waals surface area contributed by atoms with Crippen LogP contribution in [0.5, 0.6) is 5.75 Å². The number of halogens is 2. The first-order chi connectivity index (χ1) is 8.70. The third kappa shape index (κ3) is 5.24. The van der Waals surface area contributed by atoms with E-state index in [2.05, 4.69) is 9.46 Å². The van der Waals surface area contributed by atoms with Gasteiger partial charge in [-0.2, -0.15) is 8.78 Å². The minimum Gasteiger partial charge on any atom is -0.435 e. The highest BCUT2D eigenvalue weighted by atomic mass is 32.2. The largest absolute Gasteiger partial charge is 0.435 e. The molecule has 0 aliphatic rings. The van der Waals surface area contributed by atoms with E-state index in [4.69, 9.17) is 0 Å². The lowest BCUT2D eigenvalue weighted by molar-refractivity contribution is -0.0499. The van der Waals surface area contributed by atoms with Crippen LogP contribution in [-0.2, 0) is 11.0 Å². The Kier molecular flexibility index (Phi) is 5.43. The smallest absolute Gasteiger partial charge is 0.387 e. The van der Waals surface area contributed by atoms with Crippen molar-refractivity contribution in [2.75, 3.05) is 0 Å². The lowest BCUT2D eigenvalue weighted by Gasteiger charge is -2.22. The second-order valence-electron chi connectivity index (χ2n) is 5.17. The fraction of sp³-hybridized carbons (Fsp3) is 0.538. The monoisotopic (exact) mass is 291 g/mol. The van der Waals surface area contributed by atoms with Crippen molar-refractivity contribution in [3.05, 3.63) is 29.8 Å². The van der Waals surface area contributed by atoms with Crippen molar-refractivity contribution in [3.63, 3.8) is 0 Å². The summed E-state index contributed by atoms with van der Waals surface area (Å²) in [6.45, 7) is 4.56. The third-order valence-corrected chi connectivity index (χ3v) is 4.10. The standard InChI is InChI=1S/C13H19F2NO2S/c1-9(16-19(17)13(2,3)4)10-6-5-7-11(8-10)18-12(14)15/h5-9,12,16H,1-4H3/t9-,19?/m0/s1. The van der Waals surface area contributed by atoms with Gasteiger partial charge in [-0.05, 0) is 45.4 Å². The zero-order valence-electron chi connectivity index (χ0n) is 11.4.